The fourth-order valence-electron chi connectivity index (χ4n) is 4.83. The van der Waals surface area contributed by atoms with Crippen LogP contribution in [0.25, 0.3) is 0 Å². The van der Waals surface area contributed by atoms with Crippen molar-refractivity contribution >= 4 is 35.6 Å². The van der Waals surface area contributed by atoms with Crippen molar-refractivity contribution in [1.82, 2.24) is 15.1 Å². The fourth-order valence-corrected chi connectivity index (χ4v) is 5.97. The highest BCUT2D eigenvalue weighted by Gasteiger charge is 2.47. The zero-order chi connectivity index (χ0) is 27.4. The van der Waals surface area contributed by atoms with Crippen molar-refractivity contribution < 1.29 is 29.0 Å². The molecule has 0 aromatic heterocycles. The summed E-state index contributed by atoms with van der Waals surface area (Å²) in [7, 11) is 0. The summed E-state index contributed by atoms with van der Waals surface area (Å²) in [6.45, 7) is 9.73. The van der Waals surface area contributed by atoms with E-state index in [9.17, 15) is 24.3 Å². The third-order valence-corrected chi connectivity index (χ3v) is 8.26. The van der Waals surface area contributed by atoms with E-state index >= 15 is 0 Å². The van der Waals surface area contributed by atoms with Gasteiger partial charge in [-0.2, -0.15) is 0 Å². The minimum absolute atomic E-state index is 0.152. The van der Waals surface area contributed by atoms with Gasteiger partial charge in [-0.3, -0.25) is 14.5 Å². The predicted molar refractivity (Wildman–Crippen MR) is 142 cm³/mol. The Morgan fingerprint density at radius 1 is 1.16 bits per heavy atom. The number of nitrogens with one attached hydrogen (secondary N) is 1. The van der Waals surface area contributed by atoms with Gasteiger partial charge in [-0.05, 0) is 45.1 Å². The third kappa shape index (κ3) is 6.58. The first-order valence-electron chi connectivity index (χ1n) is 12.8. The number of aliphatic carboxylic acids is 1. The number of amides is 3. The fraction of sp³-hybridized carbons (Fsp3) is 0.630. The molecule has 204 valence electrons. The van der Waals surface area contributed by atoms with Crippen LogP contribution in [0.2, 0.25) is 0 Å². The number of piperidine rings is 1. The molecule has 1 aromatic rings. The van der Waals surface area contributed by atoms with Crippen molar-refractivity contribution in [3.63, 3.8) is 0 Å². The number of thioether (sulfide) groups is 1. The molecule has 2 saturated heterocycles. The summed E-state index contributed by atoms with van der Waals surface area (Å²) in [4.78, 5) is 55.0. The lowest BCUT2D eigenvalue weighted by Gasteiger charge is -2.42. The number of hydrogen-bond acceptors (Lipinski definition) is 6. The minimum Gasteiger partial charge on any atom is -0.480 e. The Bertz CT molecular complexity index is 988. The Labute approximate surface area is 223 Å². The summed E-state index contributed by atoms with van der Waals surface area (Å²) < 4.78 is 5.50. The lowest BCUT2D eigenvalue weighted by atomic mass is 9.71. The first-order valence-corrected chi connectivity index (χ1v) is 14.0. The number of carboxylic acids is 1. The maximum atomic E-state index is 13.7. The van der Waals surface area contributed by atoms with Gasteiger partial charge in [0.25, 0.3) is 0 Å². The molecule has 37 heavy (non-hydrogen) atoms. The molecule has 0 radical (unpaired) electrons. The molecule has 2 aliphatic rings. The van der Waals surface area contributed by atoms with Crippen LogP contribution in [0.5, 0.6) is 0 Å². The summed E-state index contributed by atoms with van der Waals surface area (Å²) >= 11 is 1.51. The van der Waals surface area contributed by atoms with Crippen LogP contribution >= 0.6 is 11.8 Å². The van der Waals surface area contributed by atoms with Gasteiger partial charge in [-0.25, -0.2) is 9.59 Å². The van der Waals surface area contributed by atoms with Crippen LogP contribution in [-0.4, -0.2) is 81.2 Å². The second-order valence-corrected chi connectivity index (χ2v) is 11.9. The van der Waals surface area contributed by atoms with Gasteiger partial charge >= 0.3 is 12.1 Å². The standard InChI is InChI=1S/C27H39N3O6S/c1-6-18(2)21(23(32)33)28-24(34)27(19-10-8-7-9-11-19)12-14-29(15-13-27)22(31)20-16-37-17-30(20)25(35)36-26(3,4)5/h7-11,18,20-21H,6,12-17H2,1-5H3,(H,28,34)(H,32,33)/t18-,20-,21+/m1/s1. The second kappa shape index (κ2) is 11.8. The average molecular weight is 534 g/mol. The molecule has 2 fully saturated rings. The van der Waals surface area contributed by atoms with Gasteiger partial charge in [0.05, 0.1) is 11.3 Å². The van der Waals surface area contributed by atoms with E-state index in [2.05, 4.69) is 5.32 Å². The van der Waals surface area contributed by atoms with Crippen LogP contribution in [0.4, 0.5) is 4.79 Å². The van der Waals surface area contributed by atoms with Crippen LogP contribution < -0.4 is 5.32 Å². The van der Waals surface area contributed by atoms with Gasteiger partial charge in [-0.15, -0.1) is 11.8 Å². The average Bonchev–Trinajstić information content (AvgIpc) is 3.36. The smallest absolute Gasteiger partial charge is 0.411 e. The van der Waals surface area contributed by atoms with E-state index in [4.69, 9.17) is 4.74 Å². The number of rotatable bonds is 7. The van der Waals surface area contributed by atoms with Crippen molar-refractivity contribution in [1.29, 1.82) is 0 Å². The Morgan fingerprint density at radius 3 is 2.32 bits per heavy atom. The Morgan fingerprint density at radius 2 is 1.78 bits per heavy atom. The summed E-state index contributed by atoms with van der Waals surface area (Å²) in [5.41, 5.74) is -0.803. The molecule has 3 atom stereocenters. The Kier molecular flexibility index (Phi) is 9.15. The lowest BCUT2D eigenvalue weighted by molar-refractivity contribution is -0.145. The number of carbonyl (C=O) groups is 4. The van der Waals surface area contributed by atoms with Gasteiger partial charge in [0, 0.05) is 18.8 Å². The summed E-state index contributed by atoms with van der Waals surface area (Å²) in [6.07, 6.45) is 0.822. The van der Waals surface area contributed by atoms with Crippen molar-refractivity contribution in [3.8, 4) is 0 Å². The van der Waals surface area contributed by atoms with E-state index in [0.717, 1.165) is 5.56 Å². The molecule has 2 N–H and O–H groups in total. The van der Waals surface area contributed by atoms with E-state index in [1.807, 2.05) is 44.2 Å². The molecule has 0 saturated carbocycles. The Hall–Kier alpha value is -2.75. The molecule has 3 rings (SSSR count). The minimum atomic E-state index is -1.06. The highest BCUT2D eigenvalue weighted by molar-refractivity contribution is 7.99. The van der Waals surface area contributed by atoms with Crippen molar-refractivity contribution in [2.45, 2.75) is 77.0 Å². The van der Waals surface area contributed by atoms with Crippen molar-refractivity contribution in [2.24, 2.45) is 5.92 Å². The zero-order valence-corrected chi connectivity index (χ0v) is 23.2. The zero-order valence-electron chi connectivity index (χ0n) is 22.4. The number of carboxylic acid groups (broad SMARTS) is 1. The van der Waals surface area contributed by atoms with Crippen molar-refractivity contribution in [3.05, 3.63) is 35.9 Å². The molecule has 9 nitrogen and oxygen atoms in total. The SMILES string of the molecule is CC[C@@H](C)[C@H](NC(=O)C1(c2ccccc2)CCN(C(=O)[C@H]2CSCN2C(=O)OC(C)(C)C)CC1)C(=O)O. The molecular weight excluding hydrogens is 494 g/mol. The molecule has 2 heterocycles. The number of ether oxygens (including phenoxy) is 1. The summed E-state index contributed by atoms with van der Waals surface area (Å²) in [5, 5.41) is 12.5. The molecule has 3 amide bonds. The number of carbonyl (C=O) groups excluding carboxylic acids is 3. The van der Waals surface area contributed by atoms with Crippen molar-refractivity contribution in [2.75, 3.05) is 24.7 Å². The van der Waals surface area contributed by atoms with Crippen LogP contribution in [0.1, 0.15) is 59.4 Å². The van der Waals surface area contributed by atoms with E-state index in [1.54, 1.807) is 25.7 Å². The van der Waals surface area contributed by atoms with Gasteiger partial charge in [0.15, 0.2) is 0 Å². The molecule has 0 spiro atoms. The van der Waals surface area contributed by atoms with E-state index < -0.39 is 35.2 Å². The molecule has 0 aliphatic carbocycles. The van der Waals surface area contributed by atoms with Crippen LogP contribution in [0.3, 0.4) is 0 Å². The lowest BCUT2D eigenvalue weighted by Crippen LogP contribution is -2.58. The molecular formula is C27H39N3O6S. The normalized spacial score (nSPS) is 21.2. The predicted octanol–water partition coefficient (Wildman–Crippen LogP) is 3.47. The Balaban J connectivity index is 1.78. The van der Waals surface area contributed by atoms with E-state index in [-0.39, 0.29) is 17.7 Å². The number of likely N-dealkylation sites (tertiary alicyclic amines) is 1. The topological polar surface area (TPSA) is 116 Å². The van der Waals surface area contributed by atoms with Crippen LogP contribution in [0, 0.1) is 5.92 Å². The van der Waals surface area contributed by atoms with Gasteiger partial charge < -0.3 is 20.1 Å². The van der Waals surface area contributed by atoms with E-state index in [0.29, 0.717) is 44.0 Å². The number of nitrogens with zero attached hydrogens (tertiary/aromatic N) is 2. The molecule has 0 bridgehead atoms. The number of hydrogen-bond donors (Lipinski definition) is 2. The quantitative estimate of drug-likeness (QED) is 0.551. The third-order valence-electron chi connectivity index (χ3n) is 7.25. The number of benzene rings is 1. The largest absolute Gasteiger partial charge is 0.480 e. The molecule has 1 aromatic carbocycles. The molecule has 2 aliphatic heterocycles. The first kappa shape index (κ1) is 28.8. The summed E-state index contributed by atoms with van der Waals surface area (Å²) in [5.74, 6) is -0.879. The van der Waals surface area contributed by atoms with Gasteiger partial charge in [-0.1, -0.05) is 50.6 Å². The van der Waals surface area contributed by atoms with Gasteiger partial charge in [0.1, 0.15) is 17.7 Å². The van der Waals surface area contributed by atoms with Crippen LogP contribution in [-0.2, 0) is 24.5 Å². The highest BCUT2D eigenvalue weighted by Crippen LogP contribution is 2.37. The molecule has 10 heteroatoms. The first-order chi connectivity index (χ1) is 17.4. The van der Waals surface area contributed by atoms with E-state index in [1.165, 1.54) is 16.7 Å². The monoisotopic (exact) mass is 533 g/mol. The van der Waals surface area contributed by atoms with Crippen LogP contribution in [0.15, 0.2) is 30.3 Å². The van der Waals surface area contributed by atoms with Gasteiger partial charge in [0.2, 0.25) is 11.8 Å². The second-order valence-electron chi connectivity index (χ2n) is 10.9. The highest BCUT2D eigenvalue weighted by atomic mass is 32.2. The summed E-state index contributed by atoms with van der Waals surface area (Å²) in [6, 6.07) is 7.76. The maximum Gasteiger partial charge on any atom is 0.411 e. The maximum absolute atomic E-state index is 13.7. The molecule has 0 unspecified atom stereocenters.